The van der Waals surface area contributed by atoms with Crippen LogP contribution in [0.15, 0.2) is 29.2 Å². The van der Waals surface area contributed by atoms with Crippen LogP contribution in [0.2, 0.25) is 0 Å². The number of hydrogen-bond acceptors (Lipinski definition) is 6. The number of carbonyl (C=O) groups is 1. The van der Waals surface area contributed by atoms with Crippen LogP contribution in [0.25, 0.3) is 0 Å². The van der Waals surface area contributed by atoms with Crippen LogP contribution in [0.5, 0.6) is 5.75 Å². The van der Waals surface area contributed by atoms with E-state index in [4.69, 9.17) is 9.47 Å². The SMILES string of the molecule is CCOC(=O)[C@@H]1CCc2ncc(NCc3cc(C)cc(OC)c3)c(=O)n21. The normalized spacial score (nSPS) is 15.4. The maximum absolute atomic E-state index is 12.8. The van der Waals surface area contributed by atoms with Gasteiger partial charge in [0.25, 0.3) is 5.56 Å². The van der Waals surface area contributed by atoms with Crippen molar-refractivity contribution in [3.8, 4) is 5.75 Å². The van der Waals surface area contributed by atoms with Crippen molar-refractivity contribution in [3.05, 3.63) is 51.7 Å². The van der Waals surface area contributed by atoms with Crippen LogP contribution in [-0.4, -0.2) is 29.2 Å². The van der Waals surface area contributed by atoms with Crippen molar-refractivity contribution in [3.63, 3.8) is 0 Å². The fraction of sp³-hybridized carbons (Fsp3) is 0.421. The number of rotatable bonds is 6. The highest BCUT2D eigenvalue weighted by Crippen LogP contribution is 2.24. The monoisotopic (exact) mass is 357 g/mol. The molecule has 7 nitrogen and oxygen atoms in total. The van der Waals surface area contributed by atoms with Crippen LogP contribution in [0.1, 0.15) is 36.3 Å². The number of esters is 1. The Labute approximate surface area is 152 Å². The van der Waals surface area contributed by atoms with E-state index in [1.165, 1.54) is 10.8 Å². The molecule has 1 N–H and O–H groups in total. The number of nitrogens with zero attached hydrogens (tertiary/aromatic N) is 2. The van der Waals surface area contributed by atoms with Crippen molar-refractivity contribution in [1.82, 2.24) is 9.55 Å². The van der Waals surface area contributed by atoms with Gasteiger partial charge in [-0.25, -0.2) is 9.78 Å². The molecule has 138 valence electrons. The third kappa shape index (κ3) is 3.56. The second kappa shape index (κ2) is 7.59. The molecule has 0 saturated heterocycles. The highest BCUT2D eigenvalue weighted by Gasteiger charge is 2.32. The molecular formula is C19H23N3O4. The Balaban J connectivity index is 1.82. The van der Waals surface area contributed by atoms with Crippen molar-refractivity contribution >= 4 is 11.7 Å². The summed E-state index contributed by atoms with van der Waals surface area (Å²) in [6.45, 7) is 4.49. The molecule has 7 heteroatoms. The number of methoxy groups -OCH3 is 1. The van der Waals surface area contributed by atoms with Crippen LogP contribution in [0.4, 0.5) is 5.69 Å². The Hall–Kier alpha value is -2.83. The lowest BCUT2D eigenvalue weighted by Crippen LogP contribution is -2.31. The summed E-state index contributed by atoms with van der Waals surface area (Å²) >= 11 is 0. The molecule has 0 radical (unpaired) electrons. The van der Waals surface area contributed by atoms with Gasteiger partial charge in [-0.1, -0.05) is 6.07 Å². The van der Waals surface area contributed by atoms with E-state index in [0.29, 0.717) is 37.5 Å². The summed E-state index contributed by atoms with van der Waals surface area (Å²) in [6.07, 6.45) is 2.67. The van der Waals surface area contributed by atoms with Crippen LogP contribution in [0, 0.1) is 6.92 Å². The fourth-order valence-electron chi connectivity index (χ4n) is 3.23. The van der Waals surface area contributed by atoms with Gasteiger partial charge in [0.1, 0.15) is 23.3 Å². The Bertz CT molecular complexity index is 876. The number of nitrogens with one attached hydrogen (secondary N) is 1. The van der Waals surface area contributed by atoms with Gasteiger partial charge in [0.05, 0.1) is 19.9 Å². The molecule has 1 aromatic heterocycles. The number of carbonyl (C=O) groups excluding carboxylic acids is 1. The van der Waals surface area contributed by atoms with Gasteiger partial charge in [-0.3, -0.25) is 9.36 Å². The maximum Gasteiger partial charge on any atom is 0.329 e. The number of anilines is 1. The number of ether oxygens (including phenoxy) is 2. The van der Waals surface area contributed by atoms with Gasteiger partial charge in [0.2, 0.25) is 0 Å². The van der Waals surface area contributed by atoms with E-state index in [9.17, 15) is 9.59 Å². The highest BCUT2D eigenvalue weighted by atomic mass is 16.5. The molecule has 0 fully saturated rings. The quantitative estimate of drug-likeness (QED) is 0.799. The Morgan fingerprint density at radius 1 is 1.38 bits per heavy atom. The lowest BCUT2D eigenvalue weighted by molar-refractivity contribution is -0.147. The first-order chi connectivity index (χ1) is 12.5. The average Bonchev–Trinajstić information content (AvgIpc) is 3.06. The number of hydrogen-bond donors (Lipinski definition) is 1. The first-order valence-electron chi connectivity index (χ1n) is 8.69. The van der Waals surface area contributed by atoms with Gasteiger partial charge in [-0.2, -0.15) is 0 Å². The lowest BCUT2D eigenvalue weighted by atomic mass is 10.1. The van der Waals surface area contributed by atoms with Gasteiger partial charge in [-0.15, -0.1) is 0 Å². The number of benzene rings is 1. The van der Waals surface area contributed by atoms with Crippen molar-refractivity contribution in [1.29, 1.82) is 0 Å². The van der Waals surface area contributed by atoms with E-state index >= 15 is 0 Å². The van der Waals surface area contributed by atoms with Crippen molar-refractivity contribution in [2.75, 3.05) is 19.0 Å². The molecule has 0 bridgehead atoms. The van der Waals surface area contributed by atoms with Gasteiger partial charge >= 0.3 is 5.97 Å². The highest BCUT2D eigenvalue weighted by molar-refractivity contribution is 5.75. The summed E-state index contributed by atoms with van der Waals surface area (Å²) < 4.78 is 11.8. The predicted octanol–water partition coefficient (Wildman–Crippen LogP) is 2.22. The first-order valence-corrected chi connectivity index (χ1v) is 8.69. The molecule has 0 unspecified atom stereocenters. The van der Waals surface area contributed by atoms with Crippen LogP contribution in [-0.2, 0) is 22.5 Å². The molecule has 2 aromatic rings. The molecule has 26 heavy (non-hydrogen) atoms. The van der Waals surface area contributed by atoms with Crippen molar-refractivity contribution in [2.24, 2.45) is 0 Å². The van der Waals surface area contributed by atoms with E-state index in [-0.39, 0.29) is 11.5 Å². The van der Waals surface area contributed by atoms with Crippen LogP contribution >= 0.6 is 0 Å². The third-order valence-corrected chi connectivity index (χ3v) is 4.41. The van der Waals surface area contributed by atoms with Gasteiger partial charge in [0, 0.05) is 13.0 Å². The van der Waals surface area contributed by atoms with Crippen molar-refractivity contribution < 1.29 is 14.3 Å². The Morgan fingerprint density at radius 3 is 2.92 bits per heavy atom. The largest absolute Gasteiger partial charge is 0.497 e. The van der Waals surface area contributed by atoms with E-state index in [0.717, 1.165) is 16.9 Å². The second-order valence-corrected chi connectivity index (χ2v) is 6.28. The zero-order valence-corrected chi connectivity index (χ0v) is 15.2. The predicted molar refractivity (Wildman–Crippen MR) is 97.5 cm³/mol. The molecule has 2 heterocycles. The third-order valence-electron chi connectivity index (χ3n) is 4.41. The lowest BCUT2D eigenvalue weighted by Gasteiger charge is -2.14. The topological polar surface area (TPSA) is 82.5 Å². The molecule has 0 spiro atoms. The summed E-state index contributed by atoms with van der Waals surface area (Å²) in [4.78, 5) is 29.3. The molecule has 1 atom stereocenters. The van der Waals surface area contributed by atoms with E-state index in [2.05, 4.69) is 10.3 Å². The molecule has 0 aliphatic carbocycles. The molecule has 0 saturated carbocycles. The van der Waals surface area contributed by atoms with Gasteiger partial charge in [-0.05, 0) is 43.5 Å². The number of fused-ring (bicyclic) bond motifs is 1. The summed E-state index contributed by atoms with van der Waals surface area (Å²) in [5, 5.41) is 3.13. The van der Waals surface area contributed by atoms with Crippen molar-refractivity contribution in [2.45, 2.75) is 39.3 Å². The standard InChI is InChI=1S/C19H23N3O4/c1-4-26-19(24)16-5-6-17-21-11-15(18(23)22(16)17)20-10-13-7-12(2)8-14(9-13)25-3/h7-9,11,16,20H,4-6,10H2,1-3H3/t16-/m0/s1. The zero-order chi connectivity index (χ0) is 18.7. The summed E-state index contributed by atoms with van der Waals surface area (Å²) in [5.41, 5.74) is 2.19. The average molecular weight is 357 g/mol. The zero-order valence-electron chi connectivity index (χ0n) is 15.2. The molecule has 3 rings (SSSR count). The molecule has 1 aromatic carbocycles. The van der Waals surface area contributed by atoms with E-state index in [1.54, 1.807) is 14.0 Å². The first kappa shape index (κ1) is 18.0. The number of aryl methyl sites for hydroxylation is 2. The van der Waals surface area contributed by atoms with Gasteiger partial charge < -0.3 is 14.8 Å². The van der Waals surface area contributed by atoms with Crippen LogP contribution in [0.3, 0.4) is 0 Å². The molecule has 1 aliphatic rings. The summed E-state index contributed by atoms with van der Waals surface area (Å²) in [6, 6.07) is 5.29. The minimum absolute atomic E-state index is 0.245. The molecular weight excluding hydrogens is 334 g/mol. The molecule has 0 amide bonds. The molecule has 1 aliphatic heterocycles. The Morgan fingerprint density at radius 2 is 2.19 bits per heavy atom. The minimum Gasteiger partial charge on any atom is -0.497 e. The fourth-order valence-corrected chi connectivity index (χ4v) is 3.23. The van der Waals surface area contributed by atoms with E-state index in [1.807, 2.05) is 25.1 Å². The smallest absolute Gasteiger partial charge is 0.329 e. The Kier molecular flexibility index (Phi) is 5.25. The maximum atomic E-state index is 12.8. The van der Waals surface area contributed by atoms with Gasteiger partial charge in [0.15, 0.2) is 0 Å². The summed E-state index contributed by atoms with van der Waals surface area (Å²) in [7, 11) is 1.62. The minimum atomic E-state index is -0.592. The number of aromatic nitrogens is 2. The van der Waals surface area contributed by atoms with E-state index < -0.39 is 6.04 Å². The second-order valence-electron chi connectivity index (χ2n) is 6.28. The van der Waals surface area contributed by atoms with Crippen LogP contribution < -0.4 is 15.6 Å². The summed E-state index contributed by atoms with van der Waals surface area (Å²) in [5.74, 6) is 1.01.